The van der Waals surface area contributed by atoms with E-state index in [1.54, 1.807) is 23.4 Å². The Labute approximate surface area is 173 Å². The number of hydrogen-bond donors (Lipinski definition) is 2. The van der Waals surface area contributed by atoms with Gasteiger partial charge in [0.1, 0.15) is 0 Å². The molecule has 1 aromatic rings. The highest BCUT2D eigenvalue weighted by molar-refractivity contribution is 7.89. The fourth-order valence-electron chi connectivity index (χ4n) is 3.26. The number of benzene rings is 1. The van der Waals surface area contributed by atoms with Crippen molar-refractivity contribution >= 4 is 22.0 Å². The molecule has 1 heterocycles. The molecule has 1 aliphatic rings. The summed E-state index contributed by atoms with van der Waals surface area (Å²) in [5.74, 6) is 0.0412. The van der Waals surface area contributed by atoms with Crippen molar-refractivity contribution in [2.45, 2.75) is 44.4 Å². The molecule has 0 atom stereocenters. The summed E-state index contributed by atoms with van der Waals surface area (Å²) in [4.78, 5) is 23.3. The topological polar surface area (TPSA) is 105 Å². The van der Waals surface area contributed by atoms with Crippen LogP contribution in [0.5, 0.6) is 0 Å². The lowest BCUT2D eigenvalue weighted by atomic mass is 9.95. The van der Waals surface area contributed by atoms with Crippen LogP contribution in [0.15, 0.2) is 29.2 Å². The Balaban J connectivity index is 1.66. The van der Waals surface area contributed by atoms with Crippen molar-refractivity contribution in [3.8, 4) is 0 Å². The molecular weight excluding hydrogens is 394 g/mol. The van der Waals surface area contributed by atoms with E-state index in [0.717, 1.165) is 24.8 Å². The summed E-state index contributed by atoms with van der Waals surface area (Å²) in [5, 5.41) is 5.39. The van der Waals surface area contributed by atoms with Gasteiger partial charge in [-0.15, -0.1) is 0 Å². The first kappa shape index (κ1) is 23.2. The van der Waals surface area contributed by atoms with E-state index < -0.39 is 10.0 Å². The number of ether oxygens (including phenoxy) is 1. The highest BCUT2D eigenvalue weighted by Gasteiger charge is 2.29. The molecule has 9 heteroatoms. The van der Waals surface area contributed by atoms with Crippen LogP contribution < -0.4 is 10.6 Å². The third-order valence-electron chi connectivity index (χ3n) is 4.99. The predicted molar refractivity (Wildman–Crippen MR) is 110 cm³/mol. The molecule has 1 aliphatic heterocycles. The number of piperidine rings is 1. The van der Waals surface area contributed by atoms with Gasteiger partial charge in [0.25, 0.3) is 0 Å². The second-order valence-corrected chi connectivity index (χ2v) is 9.12. The average molecular weight is 426 g/mol. The van der Waals surface area contributed by atoms with Crippen LogP contribution in [0.3, 0.4) is 0 Å². The third-order valence-corrected chi connectivity index (χ3v) is 6.90. The van der Waals surface area contributed by atoms with E-state index in [9.17, 15) is 18.0 Å². The summed E-state index contributed by atoms with van der Waals surface area (Å²) in [6.07, 6.45) is 2.49. The number of carbonyl (C=O) groups excluding carboxylic acids is 2. The molecule has 0 aliphatic carbocycles. The maximum atomic E-state index is 12.7. The molecule has 8 nitrogen and oxygen atoms in total. The molecule has 29 heavy (non-hydrogen) atoms. The third kappa shape index (κ3) is 7.32. The monoisotopic (exact) mass is 425 g/mol. The van der Waals surface area contributed by atoms with Crippen LogP contribution in [0.1, 0.15) is 38.2 Å². The smallest absolute Gasteiger partial charge is 0.314 e. The van der Waals surface area contributed by atoms with E-state index in [4.69, 9.17) is 4.74 Å². The summed E-state index contributed by atoms with van der Waals surface area (Å²) in [6.45, 7) is 5.73. The predicted octanol–water partition coefficient (Wildman–Crippen LogP) is 2.04. The SMILES string of the molecule is CCOC(=O)CCNC(=O)NCCC1CCN(S(=O)(=O)c2ccc(C)cc2)CC1. The molecule has 162 valence electrons. The van der Waals surface area contributed by atoms with Crippen molar-refractivity contribution in [1.29, 1.82) is 0 Å². The molecule has 1 fully saturated rings. The molecule has 0 aromatic heterocycles. The van der Waals surface area contributed by atoms with Gasteiger partial charge in [-0.25, -0.2) is 13.2 Å². The first-order chi connectivity index (χ1) is 13.8. The van der Waals surface area contributed by atoms with Crippen molar-refractivity contribution in [3.63, 3.8) is 0 Å². The van der Waals surface area contributed by atoms with Gasteiger partial charge in [0.2, 0.25) is 10.0 Å². The molecule has 0 spiro atoms. The fourth-order valence-corrected chi connectivity index (χ4v) is 4.73. The van der Waals surface area contributed by atoms with Crippen molar-refractivity contribution < 1.29 is 22.7 Å². The van der Waals surface area contributed by atoms with Crippen molar-refractivity contribution in [2.75, 3.05) is 32.8 Å². The lowest BCUT2D eigenvalue weighted by Gasteiger charge is -2.31. The van der Waals surface area contributed by atoms with Crippen LogP contribution >= 0.6 is 0 Å². The van der Waals surface area contributed by atoms with Crippen LogP contribution in [0.2, 0.25) is 0 Å². The summed E-state index contributed by atoms with van der Waals surface area (Å²) in [7, 11) is -3.44. The number of aryl methyl sites for hydroxylation is 1. The Bertz CT molecular complexity index is 772. The van der Waals surface area contributed by atoms with Gasteiger partial charge in [-0.1, -0.05) is 17.7 Å². The second kappa shape index (κ2) is 11.2. The number of nitrogens with zero attached hydrogens (tertiary/aromatic N) is 1. The zero-order valence-corrected chi connectivity index (χ0v) is 18.0. The summed E-state index contributed by atoms with van der Waals surface area (Å²) >= 11 is 0. The number of amides is 2. The number of sulfonamides is 1. The summed E-state index contributed by atoms with van der Waals surface area (Å²) < 4.78 is 31.8. The molecule has 1 aromatic carbocycles. The van der Waals surface area contributed by atoms with Crippen LogP contribution in [0, 0.1) is 12.8 Å². The molecule has 2 N–H and O–H groups in total. The van der Waals surface area contributed by atoms with E-state index in [1.807, 2.05) is 19.1 Å². The van der Waals surface area contributed by atoms with E-state index in [2.05, 4.69) is 10.6 Å². The molecule has 1 saturated heterocycles. The Morgan fingerprint density at radius 1 is 1.10 bits per heavy atom. The molecular formula is C20H31N3O5S. The van der Waals surface area contributed by atoms with Crippen LogP contribution in [-0.2, 0) is 19.6 Å². The van der Waals surface area contributed by atoms with Crippen molar-refractivity contribution in [2.24, 2.45) is 5.92 Å². The molecule has 2 amide bonds. The minimum Gasteiger partial charge on any atom is -0.466 e. The molecule has 0 unspecified atom stereocenters. The minimum absolute atomic E-state index is 0.148. The van der Waals surface area contributed by atoms with Gasteiger partial charge < -0.3 is 15.4 Å². The van der Waals surface area contributed by atoms with Crippen LogP contribution in [0.25, 0.3) is 0 Å². The Morgan fingerprint density at radius 3 is 2.34 bits per heavy atom. The number of urea groups is 1. The number of carbonyl (C=O) groups is 2. The van der Waals surface area contributed by atoms with Crippen molar-refractivity contribution in [1.82, 2.24) is 14.9 Å². The summed E-state index contributed by atoms with van der Waals surface area (Å²) in [5.41, 5.74) is 1.03. The van der Waals surface area contributed by atoms with Gasteiger partial charge in [-0.3, -0.25) is 4.79 Å². The number of rotatable bonds is 9. The van der Waals surface area contributed by atoms with E-state index in [1.165, 1.54) is 0 Å². The highest BCUT2D eigenvalue weighted by atomic mass is 32.2. The lowest BCUT2D eigenvalue weighted by Crippen LogP contribution is -2.40. The zero-order chi connectivity index (χ0) is 21.3. The standard InChI is InChI=1S/C20H31N3O5S/c1-3-28-19(24)9-13-22-20(25)21-12-8-17-10-14-23(15-11-17)29(26,27)18-6-4-16(2)5-7-18/h4-7,17H,3,8-15H2,1-2H3,(H2,21,22,25). The number of esters is 1. The number of hydrogen-bond acceptors (Lipinski definition) is 5. The largest absolute Gasteiger partial charge is 0.466 e. The van der Waals surface area contributed by atoms with E-state index >= 15 is 0 Å². The van der Waals surface area contributed by atoms with Gasteiger partial charge in [-0.05, 0) is 51.2 Å². The lowest BCUT2D eigenvalue weighted by molar-refractivity contribution is -0.142. The number of nitrogens with one attached hydrogen (secondary N) is 2. The Hall–Kier alpha value is -2.13. The van der Waals surface area contributed by atoms with Gasteiger partial charge in [0.15, 0.2) is 0 Å². The summed E-state index contributed by atoms with van der Waals surface area (Å²) in [6, 6.07) is 6.61. The fraction of sp³-hybridized carbons (Fsp3) is 0.600. The van der Waals surface area contributed by atoms with E-state index in [-0.39, 0.29) is 25.0 Å². The normalized spacial score (nSPS) is 15.7. The van der Waals surface area contributed by atoms with Crippen molar-refractivity contribution in [3.05, 3.63) is 29.8 Å². The maximum Gasteiger partial charge on any atom is 0.314 e. The van der Waals surface area contributed by atoms with Crippen LogP contribution in [0.4, 0.5) is 4.79 Å². The minimum atomic E-state index is -3.44. The second-order valence-electron chi connectivity index (χ2n) is 7.19. The maximum absolute atomic E-state index is 12.7. The molecule has 0 bridgehead atoms. The first-order valence-corrected chi connectivity index (χ1v) is 11.5. The Kier molecular flexibility index (Phi) is 8.91. The molecule has 0 saturated carbocycles. The van der Waals surface area contributed by atoms with Gasteiger partial charge >= 0.3 is 12.0 Å². The van der Waals surface area contributed by atoms with Gasteiger partial charge in [-0.2, -0.15) is 4.31 Å². The molecule has 0 radical (unpaired) electrons. The quantitative estimate of drug-likeness (QED) is 0.589. The zero-order valence-electron chi connectivity index (χ0n) is 17.1. The molecule has 2 rings (SSSR count). The van der Waals surface area contributed by atoms with Gasteiger partial charge in [0, 0.05) is 26.2 Å². The van der Waals surface area contributed by atoms with Gasteiger partial charge in [0.05, 0.1) is 17.9 Å². The highest BCUT2D eigenvalue weighted by Crippen LogP contribution is 2.25. The van der Waals surface area contributed by atoms with E-state index in [0.29, 0.717) is 37.1 Å². The average Bonchev–Trinajstić information content (AvgIpc) is 2.69. The Morgan fingerprint density at radius 2 is 1.72 bits per heavy atom. The van der Waals surface area contributed by atoms with Crippen LogP contribution in [-0.4, -0.2) is 57.5 Å². The first-order valence-electron chi connectivity index (χ1n) is 10.1.